The molecule has 0 bridgehead atoms. The SMILES string of the molecule is Nc1nc(Cc2ccc3c(c2)OCO3)nc(Cc2ccc3c(c2)OCO3)c1-c1ccc2c(c1)OCO2. The minimum absolute atomic E-state index is 0.198. The number of rotatable bonds is 5. The molecule has 0 fully saturated rings. The summed E-state index contributed by atoms with van der Waals surface area (Å²) in [5.74, 6) is 5.31. The van der Waals surface area contributed by atoms with E-state index in [1.165, 1.54) is 0 Å². The number of nitrogen functional groups attached to an aromatic ring is 1. The van der Waals surface area contributed by atoms with Crippen molar-refractivity contribution in [2.24, 2.45) is 0 Å². The third-order valence-electron chi connectivity index (χ3n) is 6.33. The van der Waals surface area contributed by atoms with Crippen molar-refractivity contribution in [2.45, 2.75) is 12.8 Å². The molecule has 180 valence electrons. The lowest BCUT2D eigenvalue weighted by Crippen LogP contribution is -2.08. The van der Waals surface area contributed by atoms with Crippen molar-refractivity contribution < 1.29 is 28.4 Å². The number of hydrogen-bond donors (Lipinski definition) is 1. The van der Waals surface area contributed by atoms with Crippen LogP contribution >= 0.6 is 0 Å². The van der Waals surface area contributed by atoms with Crippen LogP contribution < -0.4 is 34.2 Å². The molecule has 9 heteroatoms. The van der Waals surface area contributed by atoms with Crippen LogP contribution in [0.1, 0.15) is 22.6 Å². The van der Waals surface area contributed by atoms with Crippen LogP contribution in [0.25, 0.3) is 11.1 Å². The van der Waals surface area contributed by atoms with E-state index < -0.39 is 0 Å². The van der Waals surface area contributed by atoms with Crippen molar-refractivity contribution >= 4 is 5.82 Å². The Hall–Kier alpha value is -4.66. The minimum Gasteiger partial charge on any atom is -0.454 e. The van der Waals surface area contributed by atoms with Gasteiger partial charge in [0.25, 0.3) is 0 Å². The van der Waals surface area contributed by atoms with Gasteiger partial charge in [0, 0.05) is 18.4 Å². The van der Waals surface area contributed by atoms with Crippen LogP contribution in [-0.2, 0) is 12.8 Å². The molecular weight excluding hydrogens is 462 g/mol. The average molecular weight is 483 g/mol. The van der Waals surface area contributed by atoms with Gasteiger partial charge >= 0.3 is 0 Å². The maximum Gasteiger partial charge on any atom is 0.231 e. The van der Waals surface area contributed by atoms with E-state index in [4.69, 9.17) is 39.1 Å². The highest BCUT2D eigenvalue weighted by Crippen LogP contribution is 2.40. The van der Waals surface area contributed by atoms with Gasteiger partial charge in [0.2, 0.25) is 20.4 Å². The van der Waals surface area contributed by atoms with Gasteiger partial charge in [-0.25, -0.2) is 9.97 Å². The van der Waals surface area contributed by atoms with Crippen LogP contribution in [0.5, 0.6) is 34.5 Å². The van der Waals surface area contributed by atoms with Gasteiger partial charge in [-0.1, -0.05) is 18.2 Å². The molecule has 0 aliphatic carbocycles. The van der Waals surface area contributed by atoms with Gasteiger partial charge < -0.3 is 34.2 Å². The fraction of sp³-hybridized carbons (Fsp3) is 0.185. The van der Waals surface area contributed by atoms with E-state index in [0.717, 1.165) is 50.9 Å². The molecule has 0 atom stereocenters. The highest BCUT2D eigenvalue weighted by Gasteiger charge is 2.21. The molecule has 4 aromatic rings. The molecule has 0 saturated carbocycles. The summed E-state index contributed by atoms with van der Waals surface area (Å²) in [6.45, 7) is 0.650. The lowest BCUT2D eigenvalue weighted by molar-refractivity contribution is 0.173. The van der Waals surface area contributed by atoms with Gasteiger partial charge in [0.1, 0.15) is 11.6 Å². The van der Waals surface area contributed by atoms with Crippen LogP contribution in [-0.4, -0.2) is 30.3 Å². The molecule has 0 saturated heterocycles. The van der Waals surface area contributed by atoms with Gasteiger partial charge in [0.15, 0.2) is 34.5 Å². The number of anilines is 1. The summed E-state index contributed by atoms with van der Waals surface area (Å²) >= 11 is 0. The van der Waals surface area contributed by atoms with Gasteiger partial charge in [-0.15, -0.1) is 0 Å². The first-order chi connectivity index (χ1) is 17.7. The van der Waals surface area contributed by atoms with E-state index in [2.05, 4.69) is 4.98 Å². The maximum absolute atomic E-state index is 6.57. The number of nitrogens with two attached hydrogens (primary N) is 1. The normalized spacial score (nSPS) is 14.3. The molecule has 0 unspecified atom stereocenters. The first-order valence-electron chi connectivity index (χ1n) is 11.5. The summed E-state index contributed by atoms with van der Waals surface area (Å²) in [7, 11) is 0. The summed E-state index contributed by atoms with van der Waals surface area (Å²) < 4.78 is 33.0. The lowest BCUT2D eigenvalue weighted by atomic mass is 9.98. The molecule has 36 heavy (non-hydrogen) atoms. The van der Waals surface area contributed by atoms with E-state index in [1.54, 1.807) is 0 Å². The Morgan fingerprint density at radius 1 is 0.583 bits per heavy atom. The van der Waals surface area contributed by atoms with Crippen molar-refractivity contribution in [3.05, 3.63) is 77.2 Å². The summed E-state index contributed by atoms with van der Waals surface area (Å²) in [6.07, 6.45) is 1.03. The monoisotopic (exact) mass is 483 g/mol. The first-order valence-corrected chi connectivity index (χ1v) is 11.5. The smallest absolute Gasteiger partial charge is 0.231 e. The molecule has 0 amide bonds. The summed E-state index contributed by atoms with van der Waals surface area (Å²) in [5, 5.41) is 0. The standard InChI is InChI=1S/C27H21N3O6/c28-27-26(17-3-6-21-24(11-17)36-14-33-21)18(7-15-1-4-19-22(8-15)34-12-31-19)29-25(30-27)10-16-2-5-20-23(9-16)35-13-32-20/h1-6,8-9,11H,7,10,12-14H2,(H2,28,29,30). The van der Waals surface area contributed by atoms with Crippen LogP contribution in [0.15, 0.2) is 54.6 Å². The quantitative estimate of drug-likeness (QED) is 0.449. The zero-order valence-corrected chi connectivity index (χ0v) is 19.2. The molecule has 0 spiro atoms. The second kappa shape index (κ2) is 8.23. The van der Waals surface area contributed by atoms with Crippen molar-refractivity contribution in [1.29, 1.82) is 0 Å². The molecule has 2 N–H and O–H groups in total. The Kier molecular flexibility index (Phi) is 4.73. The Bertz CT molecular complexity index is 1510. The first kappa shape index (κ1) is 20.7. The van der Waals surface area contributed by atoms with Crippen molar-refractivity contribution in [1.82, 2.24) is 9.97 Å². The molecule has 4 heterocycles. The molecule has 7 rings (SSSR count). The Labute approximate surface area is 206 Å². The zero-order chi connectivity index (χ0) is 24.1. The average Bonchev–Trinajstić information content (AvgIpc) is 3.63. The molecule has 3 aliphatic heterocycles. The van der Waals surface area contributed by atoms with E-state index >= 15 is 0 Å². The summed E-state index contributed by atoms with van der Waals surface area (Å²) in [6, 6.07) is 17.5. The van der Waals surface area contributed by atoms with Gasteiger partial charge in [-0.05, 0) is 53.1 Å². The van der Waals surface area contributed by atoms with Crippen molar-refractivity contribution in [3.63, 3.8) is 0 Å². The number of ether oxygens (including phenoxy) is 6. The van der Waals surface area contributed by atoms with Crippen LogP contribution in [0.3, 0.4) is 0 Å². The Morgan fingerprint density at radius 3 is 1.75 bits per heavy atom. The molecule has 3 aliphatic rings. The topological polar surface area (TPSA) is 107 Å². The predicted molar refractivity (Wildman–Crippen MR) is 129 cm³/mol. The van der Waals surface area contributed by atoms with E-state index in [9.17, 15) is 0 Å². The van der Waals surface area contributed by atoms with E-state index in [0.29, 0.717) is 36.0 Å². The molecular formula is C27H21N3O6. The Morgan fingerprint density at radius 2 is 1.11 bits per heavy atom. The van der Waals surface area contributed by atoms with Gasteiger partial charge in [-0.2, -0.15) is 0 Å². The number of hydrogen-bond acceptors (Lipinski definition) is 9. The molecule has 0 radical (unpaired) electrons. The Balaban J connectivity index is 1.29. The molecule has 9 nitrogen and oxygen atoms in total. The maximum atomic E-state index is 6.57. The number of fused-ring (bicyclic) bond motifs is 3. The number of nitrogens with zero attached hydrogens (tertiary/aromatic N) is 2. The summed E-state index contributed by atoms with van der Waals surface area (Å²) in [5.41, 5.74) is 11.0. The van der Waals surface area contributed by atoms with E-state index in [-0.39, 0.29) is 20.4 Å². The van der Waals surface area contributed by atoms with Gasteiger partial charge in [-0.3, -0.25) is 0 Å². The molecule has 1 aromatic heterocycles. The fourth-order valence-electron chi connectivity index (χ4n) is 4.63. The largest absolute Gasteiger partial charge is 0.454 e. The highest BCUT2D eigenvalue weighted by molar-refractivity contribution is 5.78. The number of benzene rings is 3. The van der Waals surface area contributed by atoms with Crippen molar-refractivity contribution in [3.8, 4) is 45.6 Å². The van der Waals surface area contributed by atoms with Crippen LogP contribution in [0.2, 0.25) is 0 Å². The predicted octanol–water partition coefficient (Wildman–Crippen LogP) is 4.09. The second-order valence-electron chi connectivity index (χ2n) is 8.64. The van der Waals surface area contributed by atoms with Crippen molar-refractivity contribution in [2.75, 3.05) is 26.1 Å². The third kappa shape index (κ3) is 3.65. The van der Waals surface area contributed by atoms with Crippen LogP contribution in [0, 0.1) is 0 Å². The zero-order valence-electron chi connectivity index (χ0n) is 19.2. The third-order valence-corrected chi connectivity index (χ3v) is 6.33. The highest BCUT2D eigenvalue weighted by atomic mass is 16.7. The second-order valence-corrected chi connectivity index (χ2v) is 8.64. The minimum atomic E-state index is 0.198. The van der Waals surface area contributed by atoms with E-state index in [1.807, 2.05) is 54.6 Å². The summed E-state index contributed by atoms with van der Waals surface area (Å²) in [4.78, 5) is 9.64. The fourth-order valence-corrected chi connectivity index (χ4v) is 4.63. The lowest BCUT2D eigenvalue weighted by Gasteiger charge is -2.15. The number of aromatic nitrogens is 2. The van der Waals surface area contributed by atoms with Crippen LogP contribution in [0.4, 0.5) is 5.82 Å². The van der Waals surface area contributed by atoms with Gasteiger partial charge in [0.05, 0.1) is 5.69 Å². The molecule has 3 aromatic carbocycles.